The van der Waals surface area contributed by atoms with Gasteiger partial charge < -0.3 is 20.5 Å². The van der Waals surface area contributed by atoms with Gasteiger partial charge in [0.1, 0.15) is 5.75 Å². The molecule has 1 aromatic rings. The number of aliphatic hydroxyl groups is 1. The summed E-state index contributed by atoms with van der Waals surface area (Å²) in [6.45, 7) is 4.14. The van der Waals surface area contributed by atoms with Gasteiger partial charge in [-0.3, -0.25) is 0 Å². The molecule has 0 bridgehead atoms. The van der Waals surface area contributed by atoms with Crippen molar-refractivity contribution in [2.45, 2.75) is 25.9 Å². The number of ether oxygens (including phenoxy) is 1. The molecule has 4 nitrogen and oxygen atoms in total. The van der Waals surface area contributed by atoms with E-state index in [-0.39, 0.29) is 6.10 Å². The van der Waals surface area contributed by atoms with Crippen molar-refractivity contribution in [2.24, 2.45) is 0 Å². The normalized spacial score (nSPS) is 20.4. The first-order chi connectivity index (χ1) is 8.22. The van der Waals surface area contributed by atoms with E-state index in [9.17, 15) is 5.11 Å². The van der Waals surface area contributed by atoms with Gasteiger partial charge in [-0.25, -0.2) is 0 Å². The number of piperidine rings is 1. The number of hydrogen-bond donors (Lipinski definition) is 2. The van der Waals surface area contributed by atoms with Crippen molar-refractivity contribution in [3.63, 3.8) is 0 Å². The molecule has 1 unspecified atom stereocenters. The molecule has 94 valence electrons. The second-order valence-electron chi connectivity index (χ2n) is 4.36. The number of nitrogen functional groups attached to an aromatic ring is 1. The minimum atomic E-state index is -0.251. The van der Waals surface area contributed by atoms with Crippen molar-refractivity contribution in [3.8, 4) is 5.75 Å². The molecular formula is C13H20N2O2. The number of nitrogens with two attached hydrogens (primary N) is 1. The Morgan fingerprint density at radius 2 is 2.35 bits per heavy atom. The van der Waals surface area contributed by atoms with Crippen LogP contribution in [-0.2, 0) is 0 Å². The highest BCUT2D eigenvalue weighted by Gasteiger charge is 2.20. The fourth-order valence-electron chi connectivity index (χ4n) is 2.26. The number of benzene rings is 1. The molecule has 0 amide bonds. The molecule has 4 heteroatoms. The number of rotatable bonds is 3. The maximum Gasteiger partial charge on any atom is 0.144 e. The molecule has 1 heterocycles. The third kappa shape index (κ3) is 2.64. The number of hydrogen-bond acceptors (Lipinski definition) is 4. The maximum atomic E-state index is 9.69. The fourth-order valence-corrected chi connectivity index (χ4v) is 2.26. The summed E-state index contributed by atoms with van der Waals surface area (Å²) in [4.78, 5) is 2.13. The minimum absolute atomic E-state index is 0.251. The molecule has 1 fully saturated rings. The summed E-state index contributed by atoms with van der Waals surface area (Å²) >= 11 is 0. The largest absolute Gasteiger partial charge is 0.492 e. The Morgan fingerprint density at radius 3 is 3.06 bits per heavy atom. The summed E-state index contributed by atoms with van der Waals surface area (Å²) in [5, 5.41) is 9.69. The lowest BCUT2D eigenvalue weighted by Crippen LogP contribution is -2.38. The lowest BCUT2D eigenvalue weighted by atomic mass is 10.1. The zero-order valence-corrected chi connectivity index (χ0v) is 10.2. The average Bonchev–Trinajstić information content (AvgIpc) is 2.32. The van der Waals surface area contributed by atoms with E-state index in [2.05, 4.69) is 4.90 Å². The highest BCUT2D eigenvalue weighted by molar-refractivity contribution is 5.74. The van der Waals surface area contributed by atoms with Crippen LogP contribution in [-0.4, -0.2) is 30.9 Å². The standard InChI is InChI=1S/C13H20N2O2/c1-2-17-12-7-3-6-11(13(12)14)15-8-4-5-10(16)9-15/h3,6-7,10,16H,2,4-5,8-9,14H2,1H3. The van der Waals surface area contributed by atoms with Crippen molar-refractivity contribution in [2.75, 3.05) is 30.3 Å². The van der Waals surface area contributed by atoms with Crippen LogP contribution in [0.4, 0.5) is 11.4 Å². The Bertz CT molecular complexity index is 382. The van der Waals surface area contributed by atoms with Crippen molar-refractivity contribution < 1.29 is 9.84 Å². The first-order valence-corrected chi connectivity index (χ1v) is 6.16. The second kappa shape index (κ2) is 5.27. The van der Waals surface area contributed by atoms with Crippen LogP contribution in [0.5, 0.6) is 5.75 Å². The molecule has 0 spiro atoms. The number of para-hydroxylation sites is 1. The van der Waals surface area contributed by atoms with Crippen LogP contribution in [0.2, 0.25) is 0 Å². The zero-order chi connectivity index (χ0) is 12.3. The van der Waals surface area contributed by atoms with E-state index in [0.717, 1.165) is 30.8 Å². The van der Waals surface area contributed by atoms with E-state index in [1.807, 2.05) is 25.1 Å². The van der Waals surface area contributed by atoms with E-state index < -0.39 is 0 Å². The van der Waals surface area contributed by atoms with Crippen LogP contribution in [0.15, 0.2) is 18.2 Å². The quantitative estimate of drug-likeness (QED) is 0.783. The van der Waals surface area contributed by atoms with Gasteiger partial charge in [0.05, 0.1) is 24.1 Å². The topological polar surface area (TPSA) is 58.7 Å². The average molecular weight is 236 g/mol. The summed E-state index contributed by atoms with van der Waals surface area (Å²) in [7, 11) is 0. The minimum Gasteiger partial charge on any atom is -0.492 e. The third-order valence-corrected chi connectivity index (χ3v) is 3.08. The monoisotopic (exact) mass is 236 g/mol. The lowest BCUT2D eigenvalue weighted by Gasteiger charge is -2.33. The van der Waals surface area contributed by atoms with Crippen LogP contribution in [0.3, 0.4) is 0 Å². The van der Waals surface area contributed by atoms with Gasteiger partial charge in [-0.2, -0.15) is 0 Å². The fraction of sp³-hybridized carbons (Fsp3) is 0.538. The zero-order valence-electron chi connectivity index (χ0n) is 10.2. The van der Waals surface area contributed by atoms with Crippen LogP contribution >= 0.6 is 0 Å². The van der Waals surface area contributed by atoms with E-state index in [4.69, 9.17) is 10.5 Å². The van der Waals surface area contributed by atoms with Crippen molar-refractivity contribution in [3.05, 3.63) is 18.2 Å². The molecule has 0 aromatic heterocycles. The molecule has 1 aromatic carbocycles. The first-order valence-electron chi connectivity index (χ1n) is 6.16. The van der Waals surface area contributed by atoms with Crippen molar-refractivity contribution in [1.82, 2.24) is 0 Å². The van der Waals surface area contributed by atoms with Gasteiger partial charge in [-0.1, -0.05) is 6.07 Å². The molecule has 0 saturated carbocycles. The van der Waals surface area contributed by atoms with Gasteiger partial charge >= 0.3 is 0 Å². The van der Waals surface area contributed by atoms with Crippen LogP contribution in [0.1, 0.15) is 19.8 Å². The number of β-amino-alcohol motifs (C(OH)–C–C–N with tert-alkyl or cyclic N) is 1. The van der Waals surface area contributed by atoms with Crippen LogP contribution in [0, 0.1) is 0 Å². The number of aliphatic hydroxyl groups excluding tert-OH is 1. The summed E-state index contributed by atoms with van der Waals surface area (Å²) in [5.41, 5.74) is 7.73. The molecule has 1 atom stereocenters. The summed E-state index contributed by atoms with van der Waals surface area (Å²) in [6.07, 6.45) is 1.62. The highest BCUT2D eigenvalue weighted by atomic mass is 16.5. The van der Waals surface area contributed by atoms with Crippen LogP contribution in [0.25, 0.3) is 0 Å². The summed E-state index contributed by atoms with van der Waals surface area (Å²) in [6, 6.07) is 5.80. The number of anilines is 2. The molecule has 1 aliphatic heterocycles. The third-order valence-electron chi connectivity index (χ3n) is 3.08. The molecular weight excluding hydrogens is 216 g/mol. The van der Waals surface area contributed by atoms with Gasteiger partial charge in [-0.15, -0.1) is 0 Å². The van der Waals surface area contributed by atoms with Crippen molar-refractivity contribution >= 4 is 11.4 Å². The Hall–Kier alpha value is -1.42. The van der Waals surface area contributed by atoms with Crippen molar-refractivity contribution in [1.29, 1.82) is 0 Å². The van der Waals surface area contributed by atoms with Gasteiger partial charge in [0.25, 0.3) is 0 Å². The van der Waals surface area contributed by atoms with E-state index >= 15 is 0 Å². The van der Waals surface area contributed by atoms with E-state index in [1.165, 1.54) is 0 Å². The Kier molecular flexibility index (Phi) is 3.74. The molecule has 2 rings (SSSR count). The summed E-state index contributed by atoms with van der Waals surface area (Å²) in [5.74, 6) is 0.727. The SMILES string of the molecule is CCOc1cccc(N2CCCC(O)C2)c1N. The summed E-state index contributed by atoms with van der Waals surface area (Å²) < 4.78 is 5.48. The Balaban J connectivity index is 2.22. The highest BCUT2D eigenvalue weighted by Crippen LogP contribution is 2.33. The predicted molar refractivity (Wildman–Crippen MR) is 69.5 cm³/mol. The van der Waals surface area contributed by atoms with Gasteiger partial charge in [0.2, 0.25) is 0 Å². The molecule has 0 radical (unpaired) electrons. The molecule has 3 N–H and O–H groups in total. The van der Waals surface area contributed by atoms with Crippen LogP contribution < -0.4 is 15.4 Å². The number of nitrogens with zero attached hydrogens (tertiary/aromatic N) is 1. The van der Waals surface area contributed by atoms with E-state index in [1.54, 1.807) is 0 Å². The predicted octanol–water partition coefficient (Wildman–Crippen LogP) is 1.63. The molecule has 1 saturated heterocycles. The Labute approximate surface area is 102 Å². The van der Waals surface area contributed by atoms with E-state index in [0.29, 0.717) is 18.8 Å². The lowest BCUT2D eigenvalue weighted by molar-refractivity contribution is 0.154. The Morgan fingerprint density at radius 1 is 1.53 bits per heavy atom. The molecule has 1 aliphatic rings. The first kappa shape index (κ1) is 12.0. The van der Waals surface area contributed by atoms with Gasteiger partial charge in [-0.05, 0) is 31.9 Å². The maximum absolute atomic E-state index is 9.69. The van der Waals surface area contributed by atoms with Gasteiger partial charge in [0, 0.05) is 13.1 Å². The smallest absolute Gasteiger partial charge is 0.144 e. The second-order valence-corrected chi connectivity index (χ2v) is 4.36. The molecule has 17 heavy (non-hydrogen) atoms. The van der Waals surface area contributed by atoms with Gasteiger partial charge in [0.15, 0.2) is 0 Å². The molecule has 0 aliphatic carbocycles.